The van der Waals surface area contributed by atoms with Crippen LogP contribution in [0.1, 0.15) is 18.2 Å². The van der Waals surface area contributed by atoms with Gasteiger partial charge < -0.3 is 9.72 Å². The molecule has 1 aromatic carbocycles. The first-order valence-corrected chi connectivity index (χ1v) is 7.38. The van der Waals surface area contributed by atoms with Gasteiger partial charge in [-0.3, -0.25) is 4.98 Å². The van der Waals surface area contributed by atoms with Crippen LogP contribution >= 0.6 is 11.6 Å². The number of pyridine rings is 1. The lowest BCUT2D eigenvalue weighted by Crippen LogP contribution is -1.92. The third-order valence-electron chi connectivity index (χ3n) is 3.61. The lowest BCUT2D eigenvalue weighted by Gasteiger charge is -2.04. The summed E-state index contributed by atoms with van der Waals surface area (Å²) in [6, 6.07) is 9.78. The fourth-order valence-electron chi connectivity index (χ4n) is 2.52. The van der Waals surface area contributed by atoms with E-state index in [0.717, 1.165) is 27.5 Å². The second-order valence-electron chi connectivity index (χ2n) is 4.95. The van der Waals surface area contributed by atoms with Crippen LogP contribution in [0.2, 0.25) is 5.02 Å². The van der Waals surface area contributed by atoms with E-state index in [9.17, 15) is 0 Å². The monoisotopic (exact) mass is 300 g/mol. The van der Waals surface area contributed by atoms with Gasteiger partial charge in [-0.1, -0.05) is 23.7 Å². The number of aryl methyl sites for hydroxylation is 1. The van der Waals surface area contributed by atoms with Crippen LogP contribution in [0.25, 0.3) is 22.2 Å². The van der Waals surface area contributed by atoms with Gasteiger partial charge in [-0.15, -0.1) is 0 Å². The van der Waals surface area contributed by atoms with Crippen molar-refractivity contribution in [2.45, 2.75) is 20.5 Å². The first-order chi connectivity index (χ1) is 10.2. The van der Waals surface area contributed by atoms with Crippen LogP contribution in [-0.4, -0.2) is 16.6 Å². The summed E-state index contributed by atoms with van der Waals surface area (Å²) in [6.45, 7) is 5.40. The van der Waals surface area contributed by atoms with E-state index in [0.29, 0.717) is 13.2 Å². The van der Waals surface area contributed by atoms with Crippen molar-refractivity contribution < 1.29 is 4.74 Å². The van der Waals surface area contributed by atoms with Crippen molar-refractivity contribution >= 4 is 22.5 Å². The highest BCUT2D eigenvalue weighted by Crippen LogP contribution is 2.30. The van der Waals surface area contributed by atoms with Crippen molar-refractivity contribution in [1.29, 1.82) is 0 Å². The smallest absolute Gasteiger partial charge is 0.0942 e. The zero-order valence-corrected chi connectivity index (χ0v) is 12.9. The van der Waals surface area contributed by atoms with Gasteiger partial charge in [0, 0.05) is 40.0 Å². The molecule has 3 nitrogen and oxygen atoms in total. The Morgan fingerprint density at radius 2 is 1.95 bits per heavy atom. The van der Waals surface area contributed by atoms with Gasteiger partial charge >= 0.3 is 0 Å². The van der Waals surface area contributed by atoms with Gasteiger partial charge in [0.2, 0.25) is 0 Å². The molecule has 2 heterocycles. The molecule has 21 heavy (non-hydrogen) atoms. The van der Waals surface area contributed by atoms with E-state index in [1.807, 2.05) is 43.5 Å². The molecule has 3 aromatic rings. The van der Waals surface area contributed by atoms with Crippen LogP contribution in [0.5, 0.6) is 0 Å². The first-order valence-electron chi connectivity index (χ1n) is 7.00. The van der Waals surface area contributed by atoms with Gasteiger partial charge in [0.25, 0.3) is 0 Å². The number of hydrogen-bond donors (Lipinski definition) is 1. The van der Waals surface area contributed by atoms with Crippen LogP contribution < -0.4 is 0 Å². The fraction of sp³-hybridized carbons (Fsp3) is 0.235. The molecule has 4 heteroatoms. The van der Waals surface area contributed by atoms with E-state index in [1.165, 1.54) is 10.9 Å². The summed E-state index contributed by atoms with van der Waals surface area (Å²) < 4.78 is 5.57. The Morgan fingerprint density at radius 3 is 2.67 bits per heavy atom. The van der Waals surface area contributed by atoms with E-state index < -0.39 is 0 Å². The van der Waals surface area contributed by atoms with E-state index in [-0.39, 0.29) is 0 Å². The number of halogens is 1. The molecule has 0 fully saturated rings. The third kappa shape index (κ3) is 2.67. The molecular weight excluding hydrogens is 284 g/mol. The van der Waals surface area contributed by atoms with Crippen LogP contribution in [0.15, 0.2) is 36.5 Å². The topological polar surface area (TPSA) is 37.9 Å². The number of aromatic amines is 1. The highest BCUT2D eigenvalue weighted by atomic mass is 35.5. The molecule has 0 unspecified atom stereocenters. The molecule has 1 N–H and O–H groups in total. The SMILES string of the molecule is CCOCc1c(C)[nH]c2c(-c3ccc(Cl)cc3)nccc12. The van der Waals surface area contributed by atoms with Crippen molar-refractivity contribution in [1.82, 2.24) is 9.97 Å². The maximum atomic E-state index is 5.96. The summed E-state index contributed by atoms with van der Waals surface area (Å²) in [5, 5.41) is 1.89. The van der Waals surface area contributed by atoms with Gasteiger partial charge in [0.05, 0.1) is 17.8 Å². The number of fused-ring (bicyclic) bond motifs is 1. The zero-order valence-electron chi connectivity index (χ0n) is 12.1. The fourth-order valence-corrected chi connectivity index (χ4v) is 2.65. The van der Waals surface area contributed by atoms with Gasteiger partial charge in [0.1, 0.15) is 0 Å². The summed E-state index contributed by atoms with van der Waals surface area (Å²) >= 11 is 5.96. The van der Waals surface area contributed by atoms with Crippen molar-refractivity contribution in [3.63, 3.8) is 0 Å². The Balaban J connectivity index is 2.14. The predicted octanol–water partition coefficient (Wildman–Crippen LogP) is 4.73. The minimum absolute atomic E-state index is 0.617. The summed E-state index contributed by atoms with van der Waals surface area (Å²) in [6.07, 6.45) is 1.84. The van der Waals surface area contributed by atoms with Crippen LogP contribution in [-0.2, 0) is 11.3 Å². The zero-order chi connectivity index (χ0) is 14.8. The minimum atomic E-state index is 0.617. The molecule has 0 saturated heterocycles. The molecule has 0 atom stereocenters. The summed E-state index contributed by atoms with van der Waals surface area (Å²) in [5.74, 6) is 0. The quantitative estimate of drug-likeness (QED) is 0.756. The molecular formula is C17H17ClN2O. The van der Waals surface area contributed by atoms with Crippen LogP contribution in [0.3, 0.4) is 0 Å². The maximum Gasteiger partial charge on any atom is 0.0942 e. The van der Waals surface area contributed by atoms with Crippen molar-refractivity contribution in [2.75, 3.05) is 6.61 Å². The summed E-state index contributed by atoms with van der Waals surface area (Å²) in [5.41, 5.74) is 5.36. The molecule has 0 bridgehead atoms. The standard InChI is InChI=1S/C17H17ClN2O/c1-3-21-10-15-11(2)20-17-14(15)8-9-19-16(17)12-4-6-13(18)7-5-12/h4-9,20H,3,10H2,1-2H3. The first kappa shape index (κ1) is 14.1. The van der Waals surface area contributed by atoms with Crippen molar-refractivity contribution in [2.24, 2.45) is 0 Å². The van der Waals surface area contributed by atoms with Gasteiger partial charge in [0.15, 0.2) is 0 Å². The Hall–Kier alpha value is -1.84. The summed E-state index contributed by atoms with van der Waals surface area (Å²) in [4.78, 5) is 7.97. The molecule has 0 aliphatic heterocycles. The average molecular weight is 301 g/mol. The second kappa shape index (κ2) is 5.88. The molecule has 0 amide bonds. The van der Waals surface area contributed by atoms with Gasteiger partial charge in [-0.25, -0.2) is 0 Å². The molecule has 0 radical (unpaired) electrons. The Morgan fingerprint density at radius 1 is 1.19 bits per heavy atom. The number of nitrogens with one attached hydrogen (secondary N) is 1. The van der Waals surface area contributed by atoms with Crippen molar-refractivity contribution in [3.05, 3.63) is 52.8 Å². The van der Waals surface area contributed by atoms with Crippen LogP contribution in [0.4, 0.5) is 0 Å². The molecule has 108 valence electrons. The second-order valence-corrected chi connectivity index (χ2v) is 5.39. The van der Waals surface area contributed by atoms with Crippen molar-refractivity contribution in [3.8, 4) is 11.3 Å². The van der Waals surface area contributed by atoms with E-state index in [2.05, 4.69) is 16.9 Å². The number of H-pyrrole nitrogens is 1. The van der Waals surface area contributed by atoms with Gasteiger partial charge in [-0.2, -0.15) is 0 Å². The predicted molar refractivity (Wildman–Crippen MR) is 86.6 cm³/mol. The maximum absolute atomic E-state index is 5.96. The molecule has 0 saturated carbocycles. The highest BCUT2D eigenvalue weighted by Gasteiger charge is 2.13. The number of benzene rings is 1. The van der Waals surface area contributed by atoms with Gasteiger partial charge in [-0.05, 0) is 32.0 Å². The van der Waals surface area contributed by atoms with E-state index in [4.69, 9.17) is 16.3 Å². The number of nitrogens with zero attached hydrogens (tertiary/aromatic N) is 1. The molecule has 2 aromatic heterocycles. The average Bonchev–Trinajstić information content (AvgIpc) is 2.81. The molecule has 3 rings (SSSR count). The number of ether oxygens (including phenoxy) is 1. The third-order valence-corrected chi connectivity index (χ3v) is 3.86. The van der Waals surface area contributed by atoms with E-state index in [1.54, 1.807) is 0 Å². The summed E-state index contributed by atoms with van der Waals surface area (Å²) in [7, 11) is 0. The number of aromatic nitrogens is 2. The largest absolute Gasteiger partial charge is 0.377 e. The van der Waals surface area contributed by atoms with E-state index >= 15 is 0 Å². The highest BCUT2D eigenvalue weighted by molar-refractivity contribution is 6.30. The Labute approximate surface area is 128 Å². The normalized spacial score (nSPS) is 11.2. The molecule has 0 aliphatic carbocycles. The number of rotatable bonds is 4. The Bertz CT molecular complexity index is 762. The minimum Gasteiger partial charge on any atom is -0.377 e. The lowest BCUT2D eigenvalue weighted by molar-refractivity contribution is 0.134. The van der Waals surface area contributed by atoms with Crippen LogP contribution in [0, 0.1) is 6.92 Å². The Kier molecular flexibility index (Phi) is 3.95. The molecule has 0 aliphatic rings. The lowest BCUT2D eigenvalue weighted by atomic mass is 10.1. The molecule has 0 spiro atoms. The number of hydrogen-bond acceptors (Lipinski definition) is 2.